The molecule has 0 saturated heterocycles. The second-order valence-electron chi connectivity index (χ2n) is 4.35. The molecule has 0 aliphatic carbocycles. The Bertz CT molecular complexity index is 384. The van der Waals surface area contributed by atoms with E-state index in [-0.39, 0.29) is 0 Å². The molecule has 10 heteroatoms. The number of carboxylic acids is 1. The highest BCUT2D eigenvalue weighted by molar-refractivity contribution is 5.87. The molecule has 0 heterocycles. The molecule has 0 radical (unpaired) electrons. The van der Waals surface area contributed by atoms with Gasteiger partial charge < -0.3 is 21.1 Å². The van der Waals surface area contributed by atoms with Gasteiger partial charge >= 0.3 is 18.2 Å². The van der Waals surface area contributed by atoms with Gasteiger partial charge in [0.2, 0.25) is 5.91 Å². The minimum Gasteiger partial charge on any atom is -0.480 e. The van der Waals surface area contributed by atoms with Crippen LogP contribution in [0, 0.1) is 0 Å². The minimum atomic E-state index is -4.62. The molecular formula is C10H16F3N3O4. The van der Waals surface area contributed by atoms with E-state index in [0.717, 1.165) is 0 Å². The van der Waals surface area contributed by atoms with Crippen LogP contribution in [0.2, 0.25) is 0 Å². The zero-order valence-corrected chi connectivity index (χ0v) is 10.9. The average molecular weight is 299 g/mol. The van der Waals surface area contributed by atoms with Crippen LogP contribution in [0.1, 0.15) is 20.3 Å². The molecular weight excluding hydrogens is 283 g/mol. The monoisotopic (exact) mass is 299 g/mol. The van der Waals surface area contributed by atoms with Gasteiger partial charge in [0.05, 0.1) is 6.42 Å². The molecule has 4 N–H and O–H groups in total. The molecule has 3 amide bonds. The summed E-state index contributed by atoms with van der Waals surface area (Å²) in [5, 5.41) is 10.6. The molecule has 0 fully saturated rings. The number of primary amides is 1. The lowest BCUT2D eigenvalue weighted by atomic mass is 10.2. The first-order valence-electron chi connectivity index (χ1n) is 5.59. The molecule has 0 aromatic rings. The second-order valence-corrected chi connectivity index (χ2v) is 4.35. The summed E-state index contributed by atoms with van der Waals surface area (Å²) in [4.78, 5) is 33.5. The van der Waals surface area contributed by atoms with Crippen LogP contribution in [0.5, 0.6) is 0 Å². The van der Waals surface area contributed by atoms with E-state index >= 15 is 0 Å². The summed E-state index contributed by atoms with van der Waals surface area (Å²) >= 11 is 0. The Morgan fingerprint density at radius 2 is 1.80 bits per heavy atom. The number of urea groups is 1. The maximum Gasteiger partial charge on any atom is 0.406 e. The summed E-state index contributed by atoms with van der Waals surface area (Å²) in [7, 11) is 0. The average Bonchev–Trinajstić information content (AvgIpc) is 2.22. The molecule has 0 aliphatic heterocycles. The van der Waals surface area contributed by atoms with E-state index in [2.05, 4.69) is 0 Å². The molecule has 116 valence electrons. The molecule has 0 aliphatic rings. The predicted molar refractivity (Wildman–Crippen MR) is 61.7 cm³/mol. The van der Waals surface area contributed by atoms with Crippen molar-refractivity contribution in [3.8, 4) is 0 Å². The standard InChI is InChI=1S/C10H16F3N3O4/c1-5(2)16(4-10(11,12)13)9(20)15-6(8(18)19)3-7(14)17/h5-6H,3-4H2,1-2H3,(H2,14,17)(H,15,20)(H,18,19). The number of nitrogens with zero attached hydrogens (tertiary/aromatic N) is 1. The van der Waals surface area contributed by atoms with Crippen LogP contribution in [-0.4, -0.2) is 52.7 Å². The van der Waals surface area contributed by atoms with Crippen molar-refractivity contribution in [2.24, 2.45) is 5.73 Å². The first-order valence-corrected chi connectivity index (χ1v) is 5.59. The summed E-state index contributed by atoms with van der Waals surface area (Å²) in [5.41, 5.74) is 4.80. The second kappa shape index (κ2) is 6.96. The van der Waals surface area contributed by atoms with Crippen LogP contribution in [0.4, 0.5) is 18.0 Å². The van der Waals surface area contributed by atoms with E-state index in [9.17, 15) is 27.6 Å². The number of nitrogens with two attached hydrogens (primary N) is 1. The van der Waals surface area contributed by atoms with E-state index in [1.807, 2.05) is 5.32 Å². The highest BCUT2D eigenvalue weighted by Crippen LogP contribution is 2.18. The minimum absolute atomic E-state index is 0.414. The van der Waals surface area contributed by atoms with Gasteiger partial charge in [0.25, 0.3) is 0 Å². The first-order chi connectivity index (χ1) is 8.94. The number of carbonyl (C=O) groups excluding carboxylic acids is 2. The van der Waals surface area contributed by atoms with E-state index in [1.165, 1.54) is 13.8 Å². The van der Waals surface area contributed by atoms with Crippen molar-refractivity contribution in [2.45, 2.75) is 38.5 Å². The van der Waals surface area contributed by atoms with Gasteiger partial charge in [-0.25, -0.2) is 9.59 Å². The fraction of sp³-hybridized carbons (Fsp3) is 0.700. The summed E-state index contributed by atoms with van der Waals surface area (Å²) < 4.78 is 37.0. The number of amides is 3. The van der Waals surface area contributed by atoms with Gasteiger partial charge in [0, 0.05) is 6.04 Å². The van der Waals surface area contributed by atoms with Gasteiger partial charge in [-0.15, -0.1) is 0 Å². The molecule has 0 spiro atoms. The molecule has 0 bridgehead atoms. The van der Waals surface area contributed by atoms with Crippen molar-refractivity contribution in [1.82, 2.24) is 10.2 Å². The number of nitrogens with one attached hydrogen (secondary N) is 1. The lowest BCUT2D eigenvalue weighted by Crippen LogP contribution is -2.53. The van der Waals surface area contributed by atoms with E-state index in [0.29, 0.717) is 4.90 Å². The van der Waals surface area contributed by atoms with Gasteiger partial charge in [-0.05, 0) is 13.8 Å². The number of carbonyl (C=O) groups is 3. The highest BCUT2D eigenvalue weighted by atomic mass is 19.4. The maximum absolute atomic E-state index is 12.3. The Hall–Kier alpha value is -2.00. The third-order valence-electron chi connectivity index (χ3n) is 2.23. The van der Waals surface area contributed by atoms with Gasteiger partial charge in [-0.2, -0.15) is 13.2 Å². The van der Waals surface area contributed by atoms with Gasteiger partial charge in [0.1, 0.15) is 12.6 Å². The fourth-order valence-electron chi connectivity index (χ4n) is 1.32. The molecule has 20 heavy (non-hydrogen) atoms. The number of aliphatic carboxylic acids is 1. The van der Waals surface area contributed by atoms with Crippen LogP contribution >= 0.6 is 0 Å². The highest BCUT2D eigenvalue weighted by Gasteiger charge is 2.35. The van der Waals surface area contributed by atoms with Crippen LogP contribution in [-0.2, 0) is 9.59 Å². The third-order valence-corrected chi connectivity index (χ3v) is 2.23. The van der Waals surface area contributed by atoms with Crippen molar-refractivity contribution in [2.75, 3.05) is 6.54 Å². The largest absolute Gasteiger partial charge is 0.480 e. The van der Waals surface area contributed by atoms with Crippen molar-refractivity contribution < 1.29 is 32.7 Å². The van der Waals surface area contributed by atoms with Gasteiger partial charge in [0.15, 0.2) is 0 Å². The van der Waals surface area contributed by atoms with Crippen LogP contribution in [0.25, 0.3) is 0 Å². The van der Waals surface area contributed by atoms with Crippen LogP contribution < -0.4 is 11.1 Å². The van der Waals surface area contributed by atoms with Crippen molar-refractivity contribution >= 4 is 17.9 Å². The number of carboxylic acid groups (broad SMARTS) is 1. The number of hydrogen-bond donors (Lipinski definition) is 3. The smallest absolute Gasteiger partial charge is 0.406 e. The molecule has 7 nitrogen and oxygen atoms in total. The SMILES string of the molecule is CC(C)N(CC(F)(F)F)C(=O)NC(CC(N)=O)C(=O)O. The number of hydrogen-bond acceptors (Lipinski definition) is 3. The zero-order chi connectivity index (χ0) is 16.1. The lowest BCUT2D eigenvalue weighted by Gasteiger charge is -2.29. The Balaban J connectivity index is 4.89. The zero-order valence-electron chi connectivity index (χ0n) is 10.9. The molecule has 1 atom stereocenters. The van der Waals surface area contributed by atoms with Crippen molar-refractivity contribution in [1.29, 1.82) is 0 Å². The fourth-order valence-corrected chi connectivity index (χ4v) is 1.32. The van der Waals surface area contributed by atoms with Crippen molar-refractivity contribution in [3.63, 3.8) is 0 Å². The van der Waals surface area contributed by atoms with Gasteiger partial charge in [-0.3, -0.25) is 4.79 Å². The summed E-state index contributed by atoms with van der Waals surface area (Å²) in [6, 6.07) is -3.71. The molecule has 0 aromatic carbocycles. The van der Waals surface area contributed by atoms with E-state index < -0.39 is 49.1 Å². The summed E-state index contributed by atoms with van der Waals surface area (Å²) in [5.74, 6) is -2.56. The van der Waals surface area contributed by atoms with E-state index in [1.54, 1.807) is 0 Å². The number of halogens is 3. The lowest BCUT2D eigenvalue weighted by molar-refractivity contribution is -0.144. The first kappa shape index (κ1) is 18.0. The topological polar surface area (TPSA) is 113 Å². The Morgan fingerprint density at radius 1 is 1.30 bits per heavy atom. The summed E-state index contributed by atoms with van der Waals surface area (Å²) in [6.45, 7) is 1.16. The van der Waals surface area contributed by atoms with Crippen LogP contribution in [0.3, 0.4) is 0 Å². The normalized spacial score (nSPS) is 12.9. The van der Waals surface area contributed by atoms with Crippen LogP contribution in [0.15, 0.2) is 0 Å². The quantitative estimate of drug-likeness (QED) is 0.654. The molecule has 1 unspecified atom stereocenters. The predicted octanol–water partition coefficient (Wildman–Crippen LogP) is 0.297. The third kappa shape index (κ3) is 6.81. The molecule has 0 saturated carbocycles. The van der Waals surface area contributed by atoms with Gasteiger partial charge in [-0.1, -0.05) is 0 Å². The van der Waals surface area contributed by atoms with Crippen molar-refractivity contribution in [3.05, 3.63) is 0 Å². The Kier molecular flexibility index (Phi) is 6.27. The number of rotatable bonds is 6. The Morgan fingerprint density at radius 3 is 2.10 bits per heavy atom. The molecule has 0 rings (SSSR count). The van der Waals surface area contributed by atoms with E-state index in [4.69, 9.17) is 10.8 Å². The summed E-state index contributed by atoms with van der Waals surface area (Å²) in [6.07, 6.45) is -5.33. The Labute approximate surface area is 112 Å². The maximum atomic E-state index is 12.3. The molecule has 0 aromatic heterocycles. The number of alkyl halides is 3.